The van der Waals surface area contributed by atoms with Gasteiger partial charge in [0.2, 0.25) is 0 Å². The molecule has 1 heterocycles. The smallest absolute Gasteiger partial charge is 0.444 e. The van der Waals surface area contributed by atoms with Crippen LogP contribution >= 0.6 is 0 Å². The second-order valence-corrected chi connectivity index (χ2v) is 7.03. The molecular formula is C17H21F3N2O4. The van der Waals surface area contributed by atoms with Gasteiger partial charge in [0, 0.05) is 17.3 Å². The molecule has 1 aromatic carbocycles. The predicted molar refractivity (Wildman–Crippen MR) is 88.1 cm³/mol. The summed E-state index contributed by atoms with van der Waals surface area (Å²) < 4.78 is 47.5. The molecule has 0 radical (unpaired) electrons. The van der Waals surface area contributed by atoms with Crippen molar-refractivity contribution in [1.82, 2.24) is 5.32 Å². The predicted octanol–water partition coefficient (Wildman–Crippen LogP) is 3.56. The van der Waals surface area contributed by atoms with Crippen molar-refractivity contribution in [2.45, 2.75) is 45.7 Å². The number of ketones is 1. The third kappa shape index (κ3) is 5.53. The molecule has 0 saturated carbocycles. The zero-order valence-electron chi connectivity index (χ0n) is 14.9. The van der Waals surface area contributed by atoms with Crippen LogP contribution in [0.4, 0.5) is 23.7 Å². The highest BCUT2D eigenvalue weighted by Crippen LogP contribution is 2.35. The number of hydrogen-bond donors (Lipinski definition) is 1. The van der Waals surface area contributed by atoms with Gasteiger partial charge in [-0.3, -0.25) is 4.79 Å². The monoisotopic (exact) mass is 374 g/mol. The minimum absolute atomic E-state index is 0.00678. The van der Waals surface area contributed by atoms with E-state index in [9.17, 15) is 22.8 Å². The van der Waals surface area contributed by atoms with Gasteiger partial charge in [-0.2, -0.15) is 0 Å². The van der Waals surface area contributed by atoms with E-state index in [1.165, 1.54) is 19.1 Å². The summed E-state index contributed by atoms with van der Waals surface area (Å²) in [7, 11) is 0. The first-order valence-electron chi connectivity index (χ1n) is 8.00. The molecule has 1 fully saturated rings. The van der Waals surface area contributed by atoms with Crippen molar-refractivity contribution in [3.63, 3.8) is 0 Å². The Kier molecular flexibility index (Phi) is 5.39. The summed E-state index contributed by atoms with van der Waals surface area (Å²) in [6.45, 7) is 6.86. The van der Waals surface area contributed by atoms with Gasteiger partial charge < -0.3 is 19.7 Å². The SMILES string of the molecule is C[C@H](NC(=O)OC(C)(C)C)c1ccc(N2CC(=O)C2)cc1OC(F)(F)F. The first-order valence-corrected chi connectivity index (χ1v) is 8.00. The van der Waals surface area contributed by atoms with Crippen LogP contribution in [0.25, 0.3) is 0 Å². The molecule has 0 aromatic heterocycles. The van der Waals surface area contributed by atoms with Crippen molar-refractivity contribution in [1.29, 1.82) is 0 Å². The van der Waals surface area contributed by atoms with Crippen LogP contribution in [0, 0.1) is 0 Å². The average Bonchev–Trinajstić information content (AvgIpc) is 2.39. The van der Waals surface area contributed by atoms with Gasteiger partial charge in [-0.15, -0.1) is 13.2 Å². The first kappa shape index (κ1) is 19.9. The molecule has 26 heavy (non-hydrogen) atoms. The molecule has 0 aliphatic carbocycles. The Hall–Kier alpha value is -2.45. The fraction of sp³-hybridized carbons (Fsp3) is 0.529. The molecule has 144 valence electrons. The fourth-order valence-electron chi connectivity index (χ4n) is 2.41. The number of nitrogens with zero attached hydrogens (tertiary/aromatic N) is 1. The van der Waals surface area contributed by atoms with E-state index >= 15 is 0 Å². The highest BCUT2D eigenvalue weighted by molar-refractivity contribution is 5.95. The summed E-state index contributed by atoms with van der Waals surface area (Å²) in [6, 6.07) is 3.44. The summed E-state index contributed by atoms with van der Waals surface area (Å²) in [5.74, 6) is -0.426. The van der Waals surface area contributed by atoms with E-state index in [2.05, 4.69) is 10.1 Å². The molecule has 1 aliphatic rings. The van der Waals surface area contributed by atoms with E-state index in [0.717, 1.165) is 0 Å². The number of ether oxygens (including phenoxy) is 2. The van der Waals surface area contributed by atoms with Crippen LogP contribution in [0.3, 0.4) is 0 Å². The van der Waals surface area contributed by atoms with Crippen LogP contribution in [0.2, 0.25) is 0 Å². The maximum Gasteiger partial charge on any atom is 0.573 e. The lowest BCUT2D eigenvalue weighted by Gasteiger charge is -2.32. The molecule has 1 amide bonds. The Morgan fingerprint density at radius 2 is 1.85 bits per heavy atom. The van der Waals surface area contributed by atoms with Crippen molar-refractivity contribution < 1.29 is 32.2 Å². The lowest BCUT2D eigenvalue weighted by molar-refractivity contribution is -0.274. The van der Waals surface area contributed by atoms with Crippen molar-refractivity contribution in [2.24, 2.45) is 0 Å². The third-order valence-electron chi connectivity index (χ3n) is 3.52. The number of alkyl halides is 3. The zero-order chi connectivity index (χ0) is 19.7. The molecule has 0 unspecified atom stereocenters. The van der Waals surface area contributed by atoms with Gasteiger partial charge in [0.05, 0.1) is 19.1 Å². The highest BCUT2D eigenvalue weighted by Gasteiger charge is 2.34. The second kappa shape index (κ2) is 7.05. The van der Waals surface area contributed by atoms with E-state index in [1.54, 1.807) is 31.7 Å². The number of halogens is 3. The van der Waals surface area contributed by atoms with Gasteiger partial charge in [-0.25, -0.2) is 4.79 Å². The Labute approximate surface area is 149 Å². The van der Waals surface area contributed by atoms with Crippen LogP contribution in [0.15, 0.2) is 18.2 Å². The normalized spacial score (nSPS) is 16.0. The van der Waals surface area contributed by atoms with Gasteiger partial charge in [0.15, 0.2) is 5.78 Å². The average molecular weight is 374 g/mol. The minimum Gasteiger partial charge on any atom is -0.444 e. The number of hydrogen-bond acceptors (Lipinski definition) is 5. The minimum atomic E-state index is -4.89. The van der Waals surface area contributed by atoms with E-state index < -0.39 is 29.8 Å². The van der Waals surface area contributed by atoms with E-state index in [4.69, 9.17) is 4.74 Å². The molecule has 1 N–H and O–H groups in total. The maximum absolute atomic E-state index is 12.8. The number of carbonyl (C=O) groups excluding carboxylic acids is 2. The fourth-order valence-corrected chi connectivity index (χ4v) is 2.41. The molecule has 1 aromatic rings. The van der Waals surface area contributed by atoms with Crippen LogP contribution in [-0.4, -0.2) is 36.9 Å². The first-order chi connectivity index (χ1) is 11.8. The Balaban J connectivity index is 2.22. The molecule has 1 atom stereocenters. The molecule has 1 saturated heterocycles. The lowest BCUT2D eigenvalue weighted by atomic mass is 10.0. The molecule has 6 nitrogen and oxygen atoms in total. The third-order valence-corrected chi connectivity index (χ3v) is 3.52. The molecule has 9 heteroatoms. The van der Waals surface area contributed by atoms with Crippen LogP contribution in [0.1, 0.15) is 39.3 Å². The topological polar surface area (TPSA) is 67.9 Å². The number of benzene rings is 1. The number of rotatable bonds is 4. The van der Waals surface area contributed by atoms with Crippen LogP contribution in [0.5, 0.6) is 5.75 Å². The van der Waals surface area contributed by atoms with Gasteiger partial charge in [0.25, 0.3) is 0 Å². The van der Waals surface area contributed by atoms with Gasteiger partial charge >= 0.3 is 12.5 Å². The van der Waals surface area contributed by atoms with E-state index in [0.29, 0.717) is 5.69 Å². The molecule has 1 aliphatic heterocycles. The summed E-state index contributed by atoms with van der Waals surface area (Å²) in [4.78, 5) is 24.6. The summed E-state index contributed by atoms with van der Waals surface area (Å²) in [5, 5.41) is 2.49. The molecule has 0 bridgehead atoms. The van der Waals surface area contributed by atoms with Crippen LogP contribution < -0.4 is 15.0 Å². The summed E-state index contributed by atoms with van der Waals surface area (Å²) in [6.07, 6.45) is -5.63. The summed E-state index contributed by atoms with van der Waals surface area (Å²) in [5.41, 5.74) is -0.149. The van der Waals surface area contributed by atoms with Crippen molar-refractivity contribution in [3.05, 3.63) is 23.8 Å². The highest BCUT2D eigenvalue weighted by atomic mass is 19.4. The van der Waals surface area contributed by atoms with Gasteiger partial charge in [0.1, 0.15) is 11.4 Å². The second-order valence-electron chi connectivity index (χ2n) is 7.03. The number of Topliss-reactive ketones (excluding diaryl/α,β-unsaturated/α-hetero) is 1. The van der Waals surface area contributed by atoms with Crippen molar-refractivity contribution >= 4 is 17.6 Å². The molecule has 2 rings (SSSR count). The van der Waals surface area contributed by atoms with Crippen molar-refractivity contribution in [2.75, 3.05) is 18.0 Å². The van der Waals surface area contributed by atoms with Gasteiger partial charge in [-0.05, 0) is 33.8 Å². The van der Waals surface area contributed by atoms with Gasteiger partial charge in [-0.1, -0.05) is 6.07 Å². The Bertz CT molecular complexity index is 690. The molecule has 0 spiro atoms. The number of anilines is 1. The zero-order valence-corrected chi connectivity index (χ0v) is 14.9. The van der Waals surface area contributed by atoms with E-state index in [1.807, 2.05) is 0 Å². The number of carbonyl (C=O) groups is 2. The van der Waals surface area contributed by atoms with E-state index in [-0.39, 0.29) is 24.4 Å². The largest absolute Gasteiger partial charge is 0.573 e. The number of alkyl carbamates (subject to hydrolysis) is 1. The summed E-state index contributed by atoms with van der Waals surface area (Å²) >= 11 is 0. The standard InChI is InChI=1S/C17H21F3N2O4/c1-10(21-15(24)26-16(2,3)4)13-6-5-11(22-8-12(23)9-22)7-14(13)25-17(18,19)20/h5-7,10H,8-9H2,1-4H3,(H,21,24)/t10-/m0/s1. The van der Waals surface area contributed by atoms with Crippen molar-refractivity contribution in [3.8, 4) is 5.75 Å². The number of nitrogens with one attached hydrogen (secondary N) is 1. The van der Waals surface area contributed by atoms with Crippen LogP contribution in [-0.2, 0) is 9.53 Å². The lowest BCUT2D eigenvalue weighted by Crippen LogP contribution is -2.47. The number of amides is 1. The molecular weight excluding hydrogens is 353 g/mol. The maximum atomic E-state index is 12.8. The Morgan fingerprint density at radius 3 is 2.35 bits per heavy atom. The quantitative estimate of drug-likeness (QED) is 0.873. The Morgan fingerprint density at radius 1 is 1.23 bits per heavy atom.